The van der Waals surface area contributed by atoms with E-state index in [1.165, 1.54) is 0 Å². The fourth-order valence-electron chi connectivity index (χ4n) is 3.32. The molecule has 4 aromatic rings. The number of fused-ring (bicyclic) bond motifs is 1. The van der Waals surface area contributed by atoms with Crippen LogP contribution in [0.1, 0.15) is 10.5 Å². The number of anilines is 1. The molecule has 0 atom stereocenters. The van der Waals surface area contributed by atoms with Gasteiger partial charge in [-0.1, -0.05) is 18.2 Å². The molecule has 0 saturated heterocycles. The fourth-order valence-corrected chi connectivity index (χ4v) is 3.32. The van der Waals surface area contributed by atoms with Crippen molar-refractivity contribution in [2.75, 3.05) is 19.5 Å². The van der Waals surface area contributed by atoms with Gasteiger partial charge in [-0.2, -0.15) is 0 Å². The van der Waals surface area contributed by atoms with Gasteiger partial charge in [0, 0.05) is 23.0 Å². The van der Waals surface area contributed by atoms with E-state index in [1.807, 2.05) is 48.5 Å². The van der Waals surface area contributed by atoms with E-state index >= 15 is 0 Å². The van der Waals surface area contributed by atoms with Crippen molar-refractivity contribution in [3.05, 3.63) is 84.7 Å². The van der Waals surface area contributed by atoms with Crippen LogP contribution in [0.3, 0.4) is 0 Å². The van der Waals surface area contributed by atoms with Gasteiger partial charge in [0.05, 0.1) is 14.2 Å². The van der Waals surface area contributed by atoms with Gasteiger partial charge in [-0.3, -0.25) is 9.59 Å². The molecule has 2 heterocycles. The summed E-state index contributed by atoms with van der Waals surface area (Å²) in [5, 5.41) is 2.67. The van der Waals surface area contributed by atoms with Crippen LogP contribution in [0.5, 0.6) is 11.5 Å². The molecule has 30 heavy (non-hydrogen) atoms. The van der Waals surface area contributed by atoms with Crippen molar-refractivity contribution >= 4 is 22.9 Å². The Kier molecular flexibility index (Phi) is 5.22. The number of hydrogen-bond donors (Lipinski definition) is 1. The maximum atomic E-state index is 13.2. The van der Waals surface area contributed by atoms with Crippen LogP contribution in [0.2, 0.25) is 0 Å². The minimum Gasteiger partial charge on any atom is -0.497 e. The van der Waals surface area contributed by atoms with Crippen LogP contribution in [0.4, 0.5) is 5.69 Å². The molecule has 6 nitrogen and oxygen atoms in total. The van der Waals surface area contributed by atoms with Crippen LogP contribution in [0.15, 0.2) is 79.0 Å². The van der Waals surface area contributed by atoms with Crippen molar-refractivity contribution in [3.63, 3.8) is 0 Å². The number of ether oxygens (including phenoxy) is 2. The average Bonchev–Trinajstić information content (AvgIpc) is 3.18. The van der Waals surface area contributed by atoms with Crippen LogP contribution in [-0.2, 0) is 4.79 Å². The topological polar surface area (TPSA) is 69.0 Å². The highest BCUT2D eigenvalue weighted by Gasteiger charge is 2.24. The zero-order valence-corrected chi connectivity index (χ0v) is 16.6. The molecule has 2 aromatic carbocycles. The Balaban J connectivity index is 1.72. The lowest BCUT2D eigenvalue weighted by atomic mass is 10.0. The number of methoxy groups -OCH3 is 2. The van der Waals surface area contributed by atoms with Crippen molar-refractivity contribution in [2.45, 2.75) is 0 Å². The van der Waals surface area contributed by atoms with Crippen molar-refractivity contribution in [1.29, 1.82) is 0 Å². The quantitative estimate of drug-likeness (QED) is 0.384. The zero-order chi connectivity index (χ0) is 21.1. The number of nitrogens with zero attached hydrogens (tertiary/aromatic N) is 1. The summed E-state index contributed by atoms with van der Waals surface area (Å²) in [6, 6.07) is 21.7. The Morgan fingerprint density at radius 3 is 2.10 bits per heavy atom. The Labute approximate surface area is 173 Å². The molecule has 1 N–H and O–H groups in total. The predicted octanol–water partition coefficient (Wildman–Crippen LogP) is 4.44. The highest BCUT2D eigenvalue weighted by Crippen LogP contribution is 2.30. The third-order valence-electron chi connectivity index (χ3n) is 4.85. The van der Waals surface area contributed by atoms with Gasteiger partial charge in [0.1, 0.15) is 17.2 Å². The van der Waals surface area contributed by atoms with E-state index in [0.29, 0.717) is 28.4 Å². The number of amides is 1. The maximum Gasteiger partial charge on any atom is 0.298 e. The van der Waals surface area contributed by atoms with E-state index in [4.69, 9.17) is 9.47 Å². The molecule has 0 aliphatic carbocycles. The second-order valence-corrected chi connectivity index (χ2v) is 6.64. The molecule has 0 aliphatic heterocycles. The molecule has 150 valence electrons. The number of ketones is 1. The first-order valence-electron chi connectivity index (χ1n) is 9.35. The summed E-state index contributed by atoms with van der Waals surface area (Å²) in [4.78, 5) is 25.9. The van der Waals surface area contributed by atoms with E-state index in [9.17, 15) is 9.59 Å². The first-order chi connectivity index (χ1) is 14.6. The fraction of sp³-hybridized carbons (Fsp3) is 0.0833. The second kappa shape index (κ2) is 8.13. The van der Waals surface area contributed by atoms with Gasteiger partial charge in [-0.15, -0.1) is 0 Å². The first kappa shape index (κ1) is 19.3. The minimum absolute atomic E-state index is 0.307. The number of hydrogen-bond acceptors (Lipinski definition) is 4. The van der Waals surface area contributed by atoms with E-state index in [2.05, 4.69) is 5.32 Å². The molecule has 0 radical (unpaired) electrons. The summed E-state index contributed by atoms with van der Waals surface area (Å²) >= 11 is 0. The molecule has 2 aromatic heterocycles. The Hall–Kier alpha value is -4.06. The van der Waals surface area contributed by atoms with E-state index in [1.54, 1.807) is 49.1 Å². The highest BCUT2D eigenvalue weighted by atomic mass is 16.5. The summed E-state index contributed by atoms with van der Waals surface area (Å²) < 4.78 is 12.1. The molecular formula is C24H20N2O4. The van der Waals surface area contributed by atoms with Crippen molar-refractivity contribution in [1.82, 2.24) is 4.40 Å². The van der Waals surface area contributed by atoms with Gasteiger partial charge in [0.15, 0.2) is 0 Å². The summed E-state index contributed by atoms with van der Waals surface area (Å²) in [6.45, 7) is 0. The second-order valence-electron chi connectivity index (χ2n) is 6.64. The number of Topliss-reactive ketones (excluding diaryl/α,β-unsaturated/α-hetero) is 1. The highest BCUT2D eigenvalue weighted by molar-refractivity contribution is 6.47. The van der Waals surface area contributed by atoms with Crippen LogP contribution < -0.4 is 14.8 Å². The van der Waals surface area contributed by atoms with Crippen molar-refractivity contribution in [2.24, 2.45) is 0 Å². The summed E-state index contributed by atoms with van der Waals surface area (Å²) in [6.07, 6.45) is 1.77. The van der Waals surface area contributed by atoms with Crippen LogP contribution in [-0.4, -0.2) is 30.3 Å². The van der Waals surface area contributed by atoms with Crippen LogP contribution >= 0.6 is 0 Å². The van der Waals surface area contributed by atoms with Gasteiger partial charge < -0.3 is 19.2 Å². The molecule has 0 aliphatic rings. The number of carbonyl (C=O) groups is 2. The normalized spacial score (nSPS) is 10.6. The van der Waals surface area contributed by atoms with Gasteiger partial charge in [-0.05, 0) is 60.2 Å². The SMILES string of the molecule is COc1ccc(NC(=O)C(=O)c2c(-c3ccc(OC)cc3)cc3ccccn23)cc1. The van der Waals surface area contributed by atoms with Gasteiger partial charge in [0.2, 0.25) is 0 Å². The number of aromatic nitrogens is 1. The largest absolute Gasteiger partial charge is 0.497 e. The lowest BCUT2D eigenvalue weighted by molar-refractivity contribution is -0.112. The summed E-state index contributed by atoms with van der Waals surface area (Å²) in [7, 11) is 3.16. The van der Waals surface area contributed by atoms with Crippen LogP contribution in [0, 0.1) is 0 Å². The third-order valence-corrected chi connectivity index (χ3v) is 4.85. The molecule has 4 rings (SSSR count). The summed E-state index contributed by atoms with van der Waals surface area (Å²) in [5.41, 5.74) is 3.14. The monoisotopic (exact) mass is 400 g/mol. The van der Waals surface area contributed by atoms with Gasteiger partial charge in [0.25, 0.3) is 11.7 Å². The zero-order valence-electron chi connectivity index (χ0n) is 16.6. The lowest BCUT2D eigenvalue weighted by Gasteiger charge is -2.09. The summed E-state index contributed by atoms with van der Waals surface area (Å²) in [5.74, 6) is 0.0490. The molecule has 0 bridgehead atoms. The third kappa shape index (κ3) is 3.63. The van der Waals surface area contributed by atoms with Gasteiger partial charge >= 0.3 is 0 Å². The van der Waals surface area contributed by atoms with Gasteiger partial charge in [-0.25, -0.2) is 0 Å². The number of rotatable bonds is 6. The average molecular weight is 400 g/mol. The number of nitrogens with one attached hydrogen (secondary N) is 1. The smallest absolute Gasteiger partial charge is 0.298 e. The first-order valence-corrected chi connectivity index (χ1v) is 9.35. The van der Waals surface area contributed by atoms with Crippen LogP contribution in [0.25, 0.3) is 16.6 Å². The molecule has 1 amide bonds. The Bertz CT molecular complexity index is 1210. The molecule has 0 unspecified atom stereocenters. The lowest BCUT2D eigenvalue weighted by Crippen LogP contribution is -2.24. The number of carbonyl (C=O) groups excluding carboxylic acids is 2. The Morgan fingerprint density at radius 1 is 0.833 bits per heavy atom. The van der Waals surface area contributed by atoms with E-state index < -0.39 is 11.7 Å². The maximum absolute atomic E-state index is 13.2. The molecule has 0 spiro atoms. The number of benzene rings is 2. The van der Waals surface area contributed by atoms with E-state index in [-0.39, 0.29) is 0 Å². The van der Waals surface area contributed by atoms with Crippen molar-refractivity contribution < 1.29 is 19.1 Å². The van der Waals surface area contributed by atoms with Crippen molar-refractivity contribution in [3.8, 4) is 22.6 Å². The molecule has 0 fully saturated rings. The minimum atomic E-state index is -0.709. The molecule has 6 heteroatoms. The molecular weight excluding hydrogens is 380 g/mol. The predicted molar refractivity (Wildman–Crippen MR) is 115 cm³/mol. The number of pyridine rings is 1. The van der Waals surface area contributed by atoms with E-state index in [0.717, 1.165) is 11.1 Å². The molecule has 0 saturated carbocycles. The Morgan fingerprint density at radius 2 is 1.47 bits per heavy atom. The standard InChI is InChI=1S/C24H20N2O4/c1-29-19-10-6-16(7-11-19)21-15-18-5-3-4-14-26(18)22(21)23(27)24(28)25-17-8-12-20(30-2)13-9-17/h3-15H,1-2H3,(H,25,28).